The molecule has 3 nitrogen and oxygen atoms in total. The Labute approximate surface area is 84.2 Å². The van der Waals surface area contributed by atoms with Crippen molar-refractivity contribution in [2.45, 2.75) is 32.4 Å². The van der Waals surface area contributed by atoms with E-state index >= 15 is 0 Å². The Balaban J connectivity index is 2.95. The van der Waals surface area contributed by atoms with Crippen LogP contribution in [0.1, 0.15) is 30.5 Å². The van der Waals surface area contributed by atoms with Crippen molar-refractivity contribution in [3.63, 3.8) is 0 Å². The second-order valence-corrected chi connectivity index (χ2v) is 3.56. The Morgan fingerprint density at radius 3 is 2.57 bits per heavy atom. The fourth-order valence-corrected chi connectivity index (χ4v) is 1.40. The Kier molecular flexibility index (Phi) is 3.49. The van der Waals surface area contributed by atoms with Crippen molar-refractivity contribution < 1.29 is 10.2 Å². The third kappa shape index (κ3) is 2.25. The van der Waals surface area contributed by atoms with Crippen LogP contribution in [0.3, 0.4) is 0 Å². The zero-order valence-corrected chi connectivity index (χ0v) is 8.57. The summed E-state index contributed by atoms with van der Waals surface area (Å²) in [5.74, 6) is 0.157. The normalized spacial score (nSPS) is 15.1. The van der Waals surface area contributed by atoms with Gasteiger partial charge in [-0.05, 0) is 25.0 Å². The monoisotopic (exact) mass is 195 g/mol. The second-order valence-electron chi connectivity index (χ2n) is 3.56. The van der Waals surface area contributed by atoms with Crippen LogP contribution in [0.5, 0.6) is 5.75 Å². The molecule has 0 unspecified atom stereocenters. The van der Waals surface area contributed by atoms with E-state index in [0.29, 0.717) is 12.0 Å². The van der Waals surface area contributed by atoms with Gasteiger partial charge in [-0.2, -0.15) is 0 Å². The van der Waals surface area contributed by atoms with Crippen LogP contribution in [0.25, 0.3) is 0 Å². The Morgan fingerprint density at radius 1 is 1.43 bits per heavy atom. The summed E-state index contributed by atoms with van der Waals surface area (Å²) in [5.41, 5.74) is 7.37. The lowest BCUT2D eigenvalue weighted by Crippen LogP contribution is -2.25. The van der Waals surface area contributed by atoms with Gasteiger partial charge in [-0.25, -0.2) is 0 Å². The van der Waals surface area contributed by atoms with Crippen molar-refractivity contribution >= 4 is 0 Å². The summed E-state index contributed by atoms with van der Waals surface area (Å²) in [6, 6.07) is 4.77. The van der Waals surface area contributed by atoms with E-state index in [4.69, 9.17) is 5.73 Å². The molecule has 2 atom stereocenters. The van der Waals surface area contributed by atoms with Crippen LogP contribution in [-0.2, 0) is 0 Å². The third-order valence-corrected chi connectivity index (χ3v) is 2.38. The number of phenols is 1. The topological polar surface area (TPSA) is 66.5 Å². The average Bonchev–Trinajstić information content (AvgIpc) is 2.15. The van der Waals surface area contributed by atoms with Gasteiger partial charge < -0.3 is 15.9 Å². The molecule has 0 aliphatic heterocycles. The minimum absolute atomic E-state index is 0.157. The summed E-state index contributed by atoms with van der Waals surface area (Å²) in [7, 11) is 0. The number of aromatic hydroxyl groups is 1. The number of aliphatic hydroxyl groups is 1. The molecule has 0 radical (unpaired) electrons. The third-order valence-electron chi connectivity index (χ3n) is 2.38. The molecule has 0 saturated carbocycles. The molecule has 3 heteroatoms. The van der Waals surface area contributed by atoms with Crippen LogP contribution in [0.4, 0.5) is 0 Å². The fraction of sp³-hybridized carbons (Fsp3) is 0.455. The van der Waals surface area contributed by atoms with E-state index in [-0.39, 0.29) is 5.75 Å². The van der Waals surface area contributed by atoms with E-state index in [2.05, 4.69) is 0 Å². The molecule has 0 aromatic heterocycles. The lowest BCUT2D eigenvalue weighted by atomic mass is 9.98. The number of hydrogen-bond donors (Lipinski definition) is 3. The molecule has 0 aliphatic carbocycles. The zero-order valence-electron chi connectivity index (χ0n) is 8.57. The molecule has 0 spiro atoms. The van der Waals surface area contributed by atoms with Gasteiger partial charge in [0.05, 0.1) is 12.1 Å². The van der Waals surface area contributed by atoms with Gasteiger partial charge in [0.2, 0.25) is 0 Å². The first-order chi connectivity index (χ1) is 6.56. The van der Waals surface area contributed by atoms with E-state index in [1.165, 1.54) is 0 Å². The highest BCUT2D eigenvalue weighted by Gasteiger charge is 2.17. The minimum Gasteiger partial charge on any atom is -0.508 e. The summed E-state index contributed by atoms with van der Waals surface area (Å²) < 4.78 is 0. The van der Waals surface area contributed by atoms with Crippen molar-refractivity contribution in [2.24, 2.45) is 5.73 Å². The maximum Gasteiger partial charge on any atom is 0.120 e. The summed E-state index contributed by atoms with van der Waals surface area (Å²) >= 11 is 0. The number of hydrogen-bond acceptors (Lipinski definition) is 3. The first kappa shape index (κ1) is 11.0. The van der Waals surface area contributed by atoms with Crippen molar-refractivity contribution in [2.75, 3.05) is 0 Å². The maximum atomic E-state index is 9.62. The number of rotatable bonds is 3. The van der Waals surface area contributed by atoms with Gasteiger partial charge in [0.1, 0.15) is 5.75 Å². The van der Waals surface area contributed by atoms with E-state index in [0.717, 1.165) is 5.56 Å². The smallest absolute Gasteiger partial charge is 0.120 e. The molecule has 0 saturated heterocycles. The Hall–Kier alpha value is -1.06. The number of phenolic OH excluding ortho intramolecular Hbond substituents is 1. The van der Waals surface area contributed by atoms with Gasteiger partial charge in [-0.3, -0.25) is 0 Å². The van der Waals surface area contributed by atoms with Crippen molar-refractivity contribution in [1.29, 1.82) is 0 Å². The van der Waals surface area contributed by atoms with Gasteiger partial charge in [0.15, 0.2) is 0 Å². The lowest BCUT2D eigenvalue weighted by molar-refractivity contribution is 0.139. The van der Waals surface area contributed by atoms with E-state index < -0.39 is 12.1 Å². The largest absolute Gasteiger partial charge is 0.508 e. The number of benzene rings is 1. The summed E-state index contributed by atoms with van der Waals surface area (Å²) in [4.78, 5) is 0. The van der Waals surface area contributed by atoms with Gasteiger partial charge in [-0.1, -0.05) is 19.1 Å². The first-order valence-corrected chi connectivity index (χ1v) is 4.79. The van der Waals surface area contributed by atoms with Crippen LogP contribution in [0.15, 0.2) is 18.2 Å². The van der Waals surface area contributed by atoms with Gasteiger partial charge in [0, 0.05) is 5.56 Å². The Morgan fingerprint density at radius 2 is 2.07 bits per heavy atom. The molecule has 0 aliphatic rings. The van der Waals surface area contributed by atoms with Gasteiger partial charge in [0.25, 0.3) is 0 Å². The molecule has 0 bridgehead atoms. The van der Waals surface area contributed by atoms with E-state index in [9.17, 15) is 10.2 Å². The van der Waals surface area contributed by atoms with E-state index in [1.54, 1.807) is 12.1 Å². The van der Waals surface area contributed by atoms with Gasteiger partial charge in [-0.15, -0.1) is 0 Å². The van der Waals surface area contributed by atoms with Crippen molar-refractivity contribution in [3.05, 3.63) is 29.3 Å². The maximum absolute atomic E-state index is 9.62. The molecule has 78 valence electrons. The van der Waals surface area contributed by atoms with Crippen LogP contribution in [-0.4, -0.2) is 16.3 Å². The highest BCUT2D eigenvalue weighted by Crippen LogP contribution is 2.26. The fourth-order valence-electron chi connectivity index (χ4n) is 1.40. The standard InChI is InChI=1S/C11H17NO2/c1-3-9(13)11(12)8-5-4-7(2)6-10(8)14/h4-6,9,11,13-14H,3,12H2,1-2H3/t9-,11+/m1/s1. The summed E-state index contributed by atoms with van der Waals surface area (Å²) in [5, 5.41) is 19.2. The highest BCUT2D eigenvalue weighted by molar-refractivity contribution is 5.38. The molecule has 4 N–H and O–H groups in total. The average molecular weight is 195 g/mol. The first-order valence-electron chi connectivity index (χ1n) is 4.79. The molecule has 1 aromatic carbocycles. The van der Waals surface area contributed by atoms with E-state index in [1.807, 2.05) is 19.9 Å². The summed E-state index contributed by atoms with van der Waals surface area (Å²) in [6.07, 6.45) is -0.0299. The molecule has 1 rings (SSSR count). The SMILES string of the molecule is CC[C@@H](O)[C@@H](N)c1ccc(C)cc1O. The molecule has 1 aromatic rings. The van der Waals surface area contributed by atoms with Crippen LogP contribution >= 0.6 is 0 Å². The highest BCUT2D eigenvalue weighted by atomic mass is 16.3. The molecule has 0 amide bonds. The number of aliphatic hydroxyl groups excluding tert-OH is 1. The zero-order chi connectivity index (χ0) is 10.7. The molecular weight excluding hydrogens is 178 g/mol. The van der Waals surface area contributed by atoms with Gasteiger partial charge >= 0.3 is 0 Å². The number of aryl methyl sites for hydroxylation is 1. The lowest BCUT2D eigenvalue weighted by Gasteiger charge is -2.18. The summed E-state index contributed by atoms with van der Waals surface area (Å²) in [6.45, 7) is 3.75. The molecule has 14 heavy (non-hydrogen) atoms. The molecular formula is C11H17NO2. The van der Waals surface area contributed by atoms with Crippen LogP contribution < -0.4 is 5.73 Å². The predicted octanol–water partition coefficient (Wildman–Crippen LogP) is 1.47. The molecule has 0 fully saturated rings. The minimum atomic E-state index is -0.608. The number of nitrogens with two attached hydrogens (primary N) is 1. The predicted molar refractivity (Wildman–Crippen MR) is 56.1 cm³/mol. The second kappa shape index (κ2) is 4.44. The van der Waals surface area contributed by atoms with Crippen LogP contribution in [0, 0.1) is 6.92 Å². The Bertz CT molecular complexity index is 312. The van der Waals surface area contributed by atoms with Crippen LogP contribution in [0.2, 0.25) is 0 Å². The molecule has 0 heterocycles. The van der Waals surface area contributed by atoms with Crippen molar-refractivity contribution in [3.8, 4) is 5.75 Å². The quantitative estimate of drug-likeness (QED) is 0.684. The van der Waals surface area contributed by atoms with Crippen molar-refractivity contribution in [1.82, 2.24) is 0 Å².